The predicted octanol–water partition coefficient (Wildman–Crippen LogP) is 2.32. The van der Waals surface area contributed by atoms with Crippen molar-refractivity contribution in [1.82, 2.24) is 9.97 Å². The van der Waals surface area contributed by atoms with Gasteiger partial charge in [0.15, 0.2) is 0 Å². The molecule has 0 saturated heterocycles. The minimum absolute atomic E-state index is 0.538. The van der Waals surface area contributed by atoms with Crippen LogP contribution in [0.25, 0.3) is 0 Å². The van der Waals surface area contributed by atoms with Gasteiger partial charge in [-0.3, -0.25) is 9.97 Å². The van der Waals surface area contributed by atoms with Gasteiger partial charge >= 0.3 is 0 Å². The molecule has 0 radical (unpaired) electrons. The molecule has 19 heavy (non-hydrogen) atoms. The molecule has 0 bridgehead atoms. The molecular formula is C16H19N3. The monoisotopic (exact) mass is 253 g/mol. The van der Waals surface area contributed by atoms with E-state index in [0.717, 1.165) is 31.5 Å². The Kier molecular flexibility index (Phi) is 3.56. The molecule has 2 unspecified atom stereocenters. The minimum atomic E-state index is 0.538. The van der Waals surface area contributed by atoms with Crippen molar-refractivity contribution in [2.45, 2.75) is 25.2 Å². The lowest BCUT2D eigenvalue weighted by atomic mass is 9.86. The molecule has 1 aromatic heterocycles. The van der Waals surface area contributed by atoms with Gasteiger partial charge in [-0.15, -0.1) is 0 Å². The van der Waals surface area contributed by atoms with Crippen LogP contribution in [0.5, 0.6) is 0 Å². The van der Waals surface area contributed by atoms with Gasteiger partial charge in [0.1, 0.15) is 0 Å². The fourth-order valence-corrected chi connectivity index (χ4v) is 3.22. The van der Waals surface area contributed by atoms with Crippen LogP contribution in [0.15, 0.2) is 42.9 Å². The van der Waals surface area contributed by atoms with Gasteiger partial charge in [-0.2, -0.15) is 0 Å². The van der Waals surface area contributed by atoms with E-state index >= 15 is 0 Å². The van der Waals surface area contributed by atoms with E-state index in [4.69, 9.17) is 5.73 Å². The Morgan fingerprint density at radius 1 is 1.21 bits per heavy atom. The second-order valence-electron chi connectivity index (χ2n) is 5.25. The van der Waals surface area contributed by atoms with Gasteiger partial charge in [-0.05, 0) is 48.8 Å². The van der Waals surface area contributed by atoms with Crippen molar-refractivity contribution in [3.63, 3.8) is 0 Å². The number of fused-ring (bicyclic) bond motifs is 1. The molecule has 2 aromatic rings. The highest BCUT2D eigenvalue weighted by molar-refractivity contribution is 5.37. The third kappa shape index (κ3) is 2.51. The topological polar surface area (TPSA) is 51.8 Å². The number of aromatic nitrogens is 2. The largest absolute Gasteiger partial charge is 0.330 e. The van der Waals surface area contributed by atoms with Crippen LogP contribution >= 0.6 is 0 Å². The van der Waals surface area contributed by atoms with Crippen molar-refractivity contribution in [3.8, 4) is 0 Å². The van der Waals surface area contributed by atoms with Crippen LogP contribution in [-0.4, -0.2) is 16.5 Å². The highest BCUT2D eigenvalue weighted by Gasteiger charge is 2.31. The zero-order chi connectivity index (χ0) is 13.1. The fraction of sp³-hybridized carbons (Fsp3) is 0.375. The van der Waals surface area contributed by atoms with Crippen LogP contribution in [0.3, 0.4) is 0 Å². The highest BCUT2D eigenvalue weighted by Crippen LogP contribution is 2.41. The summed E-state index contributed by atoms with van der Waals surface area (Å²) in [5.74, 6) is 1.18. The van der Waals surface area contributed by atoms with Crippen molar-refractivity contribution in [2.24, 2.45) is 11.7 Å². The number of hydrogen-bond donors (Lipinski definition) is 1. The molecular weight excluding hydrogens is 234 g/mol. The molecule has 1 aromatic carbocycles. The van der Waals surface area contributed by atoms with E-state index in [9.17, 15) is 0 Å². The Morgan fingerprint density at radius 2 is 2.11 bits per heavy atom. The van der Waals surface area contributed by atoms with E-state index in [1.807, 2.05) is 6.20 Å². The normalized spacial score (nSPS) is 21.3. The molecule has 0 saturated carbocycles. The summed E-state index contributed by atoms with van der Waals surface area (Å²) in [6, 6.07) is 8.76. The Labute approximate surface area is 113 Å². The number of benzene rings is 1. The molecule has 98 valence electrons. The maximum Gasteiger partial charge on any atom is 0.0592 e. The molecule has 0 aliphatic heterocycles. The molecule has 1 heterocycles. The second kappa shape index (κ2) is 5.49. The summed E-state index contributed by atoms with van der Waals surface area (Å²) in [6.45, 7) is 0.760. The van der Waals surface area contributed by atoms with Crippen molar-refractivity contribution in [1.29, 1.82) is 0 Å². The van der Waals surface area contributed by atoms with Crippen molar-refractivity contribution in [2.75, 3.05) is 6.54 Å². The third-order valence-electron chi connectivity index (χ3n) is 4.09. The molecule has 1 aliphatic carbocycles. The molecule has 3 heteroatoms. The predicted molar refractivity (Wildman–Crippen MR) is 75.8 cm³/mol. The number of hydrogen-bond acceptors (Lipinski definition) is 3. The molecule has 2 N–H and O–H groups in total. The summed E-state index contributed by atoms with van der Waals surface area (Å²) >= 11 is 0. The molecule has 2 atom stereocenters. The molecule has 3 rings (SSSR count). The SMILES string of the molecule is NCCC1Cc2ccccc2C1Cc1cnccn1. The van der Waals surface area contributed by atoms with Crippen molar-refractivity contribution >= 4 is 0 Å². The van der Waals surface area contributed by atoms with Gasteiger partial charge in [0.2, 0.25) is 0 Å². The zero-order valence-electron chi connectivity index (χ0n) is 11.0. The van der Waals surface area contributed by atoms with Gasteiger partial charge in [0.05, 0.1) is 5.69 Å². The van der Waals surface area contributed by atoms with E-state index in [-0.39, 0.29) is 0 Å². The smallest absolute Gasteiger partial charge is 0.0592 e. The Balaban J connectivity index is 1.87. The van der Waals surface area contributed by atoms with Gasteiger partial charge in [0, 0.05) is 18.6 Å². The first-order chi connectivity index (χ1) is 9.38. The van der Waals surface area contributed by atoms with E-state index in [2.05, 4.69) is 34.2 Å². The lowest BCUT2D eigenvalue weighted by molar-refractivity contribution is 0.426. The third-order valence-corrected chi connectivity index (χ3v) is 4.09. The van der Waals surface area contributed by atoms with E-state index in [1.165, 1.54) is 11.1 Å². The molecule has 0 spiro atoms. The summed E-state index contributed by atoms with van der Waals surface area (Å²) in [7, 11) is 0. The first kappa shape index (κ1) is 12.3. The number of nitrogens with zero attached hydrogens (tertiary/aromatic N) is 2. The van der Waals surface area contributed by atoms with Crippen LogP contribution < -0.4 is 5.73 Å². The van der Waals surface area contributed by atoms with Crippen molar-refractivity contribution < 1.29 is 0 Å². The molecule has 0 amide bonds. The lowest BCUT2D eigenvalue weighted by Crippen LogP contribution is -2.15. The average Bonchev–Trinajstić information content (AvgIpc) is 2.79. The van der Waals surface area contributed by atoms with Crippen LogP contribution in [0.1, 0.15) is 29.2 Å². The first-order valence-corrected chi connectivity index (χ1v) is 6.91. The Bertz CT molecular complexity index is 539. The quantitative estimate of drug-likeness (QED) is 0.909. The lowest BCUT2D eigenvalue weighted by Gasteiger charge is -2.19. The minimum Gasteiger partial charge on any atom is -0.330 e. The summed E-state index contributed by atoms with van der Waals surface area (Å²) < 4.78 is 0. The molecule has 1 aliphatic rings. The Hall–Kier alpha value is -1.74. The van der Waals surface area contributed by atoms with Crippen molar-refractivity contribution in [3.05, 3.63) is 59.7 Å². The second-order valence-corrected chi connectivity index (χ2v) is 5.25. The van der Waals surface area contributed by atoms with Gasteiger partial charge < -0.3 is 5.73 Å². The molecule has 0 fully saturated rings. The zero-order valence-corrected chi connectivity index (χ0v) is 11.0. The van der Waals surface area contributed by atoms with E-state index in [1.54, 1.807) is 12.4 Å². The van der Waals surface area contributed by atoms with Gasteiger partial charge in [-0.1, -0.05) is 24.3 Å². The fourth-order valence-electron chi connectivity index (χ4n) is 3.22. The number of rotatable bonds is 4. The average molecular weight is 253 g/mol. The maximum absolute atomic E-state index is 5.77. The summed E-state index contributed by atoms with van der Waals surface area (Å²) in [6.07, 6.45) is 8.57. The first-order valence-electron chi connectivity index (χ1n) is 6.91. The van der Waals surface area contributed by atoms with Gasteiger partial charge in [-0.25, -0.2) is 0 Å². The van der Waals surface area contributed by atoms with Crippen LogP contribution in [-0.2, 0) is 12.8 Å². The highest BCUT2D eigenvalue weighted by atomic mass is 14.8. The van der Waals surface area contributed by atoms with Crippen LogP contribution in [0, 0.1) is 5.92 Å². The van der Waals surface area contributed by atoms with E-state index in [0.29, 0.717) is 11.8 Å². The molecule has 3 nitrogen and oxygen atoms in total. The van der Waals surface area contributed by atoms with Crippen LogP contribution in [0.4, 0.5) is 0 Å². The number of nitrogens with two attached hydrogens (primary N) is 1. The van der Waals surface area contributed by atoms with Crippen LogP contribution in [0.2, 0.25) is 0 Å². The standard InChI is InChI=1S/C16H19N3/c17-6-5-13-9-12-3-1-2-4-15(12)16(13)10-14-11-18-7-8-19-14/h1-4,7-8,11,13,16H,5-6,9-10,17H2. The summed E-state index contributed by atoms with van der Waals surface area (Å²) in [5, 5.41) is 0. The summed E-state index contributed by atoms with van der Waals surface area (Å²) in [4.78, 5) is 8.58. The summed E-state index contributed by atoms with van der Waals surface area (Å²) in [5.41, 5.74) is 9.81. The van der Waals surface area contributed by atoms with Gasteiger partial charge in [0.25, 0.3) is 0 Å². The Morgan fingerprint density at radius 3 is 2.89 bits per heavy atom. The maximum atomic E-state index is 5.77. The van der Waals surface area contributed by atoms with E-state index < -0.39 is 0 Å².